The molecule has 0 aromatic carbocycles. The first-order valence-corrected chi connectivity index (χ1v) is 4.74. The van der Waals surface area contributed by atoms with E-state index in [4.69, 9.17) is 0 Å². The summed E-state index contributed by atoms with van der Waals surface area (Å²) < 4.78 is 0. The molecule has 0 aliphatic rings. The second kappa shape index (κ2) is 4.10. The molecule has 2 aromatic heterocycles. The van der Waals surface area contributed by atoms with Gasteiger partial charge < -0.3 is 4.98 Å². The molecule has 79 valence electrons. The van der Waals surface area contributed by atoms with Gasteiger partial charge in [-0.2, -0.15) is 0 Å². The number of aldehydes is 1. The molecule has 2 aromatic rings. The fraction of sp³-hybridized carbons (Fsp3) is 0.0833. The molecule has 0 amide bonds. The maximum absolute atomic E-state index is 11.7. The van der Waals surface area contributed by atoms with Crippen molar-refractivity contribution in [3.8, 4) is 11.1 Å². The van der Waals surface area contributed by atoms with Crippen molar-refractivity contribution in [3.63, 3.8) is 0 Å². The summed E-state index contributed by atoms with van der Waals surface area (Å²) in [5.74, 6) is 0. The van der Waals surface area contributed by atoms with Crippen molar-refractivity contribution in [1.29, 1.82) is 0 Å². The predicted molar refractivity (Wildman–Crippen MR) is 59.3 cm³/mol. The van der Waals surface area contributed by atoms with Crippen LogP contribution in [0.4, 0.5) is 0 Å². The lowest BCUT2D eigenvalue weighted by molar-refractivity contribution is 0.112. The second-order valence-electron chi connectivity index (χ2n) is 3.37. The van der Waals surface area contributed by atoms with Gasteiger partial charge in [0.2, 0.25) is 0 Å². The van der Waals surface area contributed by atoms with E-state index in [1.54, 1.807) is 18.3 Å². The number of carbonyl (C=O) groups is 1. The van der Waals surface area contributed by atoms with Crippen LogP contribution in [0.1, 0.15) is 15.9 Å². The number of rotatable bonds is 2. The number of nitrogens with one attached hydrogen (secondary N) is 1. The monoisotopic (exact) mass is 213 g/mol. The van der Waals surface area contributed by atoms with Crippen LogP contribution in [-0.4, -0.2) is 16.3 Å². The first-order chi connectivity index (χ1) is 7.74. The Morgan fingerprint density at radius 1 is 1.44 bits per heavy atom. The van der Waals surface area contributed by atoms with Gasteiger partial charge in [-0.1, -0.05) is 0 Å². The highest BCUT2D eigenvalue weighted by atomic mass is 16.1. The van der Waals surface area contributed by atoms with E-state index in [9.17, 15) is 9.59 Å². The molecule has 0 aliphatic carbocycles. The summed E-state index contributed by atoms with van der Waals surface area (Å²) in [5, 5.41) is 0. The van der Waals surface area contributed by atoms with Gasteiger partial charge in [0.1, 0.15) is 6.20 Å². The number of carbonyl (C=O) groups excluding carboxylic acids is 1. The van der Waals surface area contributed by atoms with Gasteiger partial charge in [-0.25, -0.2) is 0 Å². The van der Waals surface area contributed by atoms with Crippen LogP contribution in [0.3, 0.4) is 0 Å². The quantitative estimate of drug-likeness (QED) is 0.766. The Kier molecular flexibility index (Phi) is 2.64. The molecule has 0 unspecified atom stereocenters. The molecule has 1 radical (unpaired) electrons. The van der Waals surface area contributed by atoms with Crippen molar-refractivity contribution in [2.75, 3.05) is 0 Å². The Hall–Kier alpha value is -2.23. The molecule has 0 saturated heterocycles. The molecule has 0 fully saturated rings. The van der Waals surface area contributed by atoms with E-state index in [1.807, 2.05) is 6.92 Å². The number of H-pyrrole nitrogens is 1. The largest absolute Gasteiger partial charge is 0.329 e. The van der Waals surface area contributed by atoms with E-state index in [-0.39, 0.29) is 5.56 Å². The van der Waals surface area contributed by atoms with Crippen LogP contribution in [-0.2, 0) is 0 Å². The van der Waals surface area contributed by atoms with Gasteiger partial charge in [-0.3, -0.25) is 14.6 Å². The van der Waals surface area contributed by atoms with Gasteiger partial charge in [0.25, 0.3) is 5.56 Å². The lowest BCUT2D eigenvalue weighted by Gasteiger charge is -2.05. The zero-order valence-corrected chi connectivity index (χ0v) is 8.65. The average molecular weight is 213 g/mol. The third kappa shape index (κ3) is 1.65. The SMILES string of the molecule is Cc1cc[nH]c(=O)c1-c1ccn[c]c1C=O. The molecular formula is C12H9N2O2. The molecule has 0 aliphatic heterocycles. The molecule has 0 atom stereocenters. The van der Waals surface area contributed by atoms with Crippen molar-refractivity contribution in [1.82, 2.24) is 9.97 Å². The van der Waals surface area contributed by atoms with Crippen molar-refractivity contribution >= 4 is 6.29 Å². The van der Waals surface area contributed by atoms with Crippen molar-refractivity contribution in [2.24, 2.45) is 0 Å². The Balaban J connectivity index is 2.77. The van der Waals surface area contributed by atoms with E-state index < -0.39 is 0 Å². The third-order valence-electron chi connectivity index (χ3n) is 2.35. The summed E-state index contributed by atoms with van der Waals surface area (Å²) in [6, 6.07) is 3.42. The zero-order chi connectivity index (χ0) is 11.5. The second-order valence-corrected chi connectivity index (χ2v) is 3.37. The highest BCUT2D eigenvalue weighted by molar-refractivity contribution is 5.87. The van der Waals surface area contributed by atoms with Crippen LogP contribution >= 0.6 is 0 Å². The summed E-state index contributed by atoms with van der Waals surface area (Å²) >= 11 is 0. The smallest absolute Gasteiger partial charge is 0.256 e. The van der Waals surface area contributed by atoms with Gasteiger partial charge >= 0.3 is 0 Å². The minimum absolute atomic E-state index is 0.220. The minimum Gasteiger partial charge on any atom is -0.329 e. The summed E-state index contributed by atoms with van der Waals surface area (Å²) in [6.07, 6.45) is 6.30. The van der Waals surface area contributed by atoms with Gasteiger partial charge in [-0.15, -0.1) is 0 Å². The minimum atomic E-state index is -0.220. The Morgan fingerprint density at radius 3 is 2.94 bits per heavy atom. The number of aromatic amines is 1. The van der Waals surface area contributed by atoms with Crippen molar-refractivity contribution in [2.45, 2.75) is 6.92 Å². The normalized spacial score (nSPS) is 10.1. The molecule has 4 heteroatoms. The van der Waals surface area contributed by atoms with Crippen LogP contribution in [0.15, 0.2) is 29.3 Å². The van der Waals surface area contributed by atoms with E-state index in [0.29, 0.717) is 23.0 Å². The van der Waals surface area contributed by atoms with E-state index >= 15 is 0 Å². The summed E-state index contributed by atoms with van der Waals surface area (Å²) in [7, 11) is 0. The molecule has 0 saturated carbocycles. The topological polar surface area (TPSA) is 62.8 Å². The summed E-state index contributed by atoms with van der Waals surface area (Å²) in [5.41, 5.74) is 1.93. The zero-order valence-electron chi connectivity index (χ0n) is 8.65. The lowest BCUT2D eigenvalue weighted by Crippen LogP contribution is -2.10. The molecule has 16 heavy (non-hydrogen) atoms. The van der Waals surface area contributed by atoms with Gasteiger partial charge in [0.05, 0.1) is 11.1 Å². The van der Waals surface area contributed by atoms with Gasteiger partial charge in [-0.05, 0) is 24.6 Å². The average Bonchev–Trinajstić information content (AvgIpc) is 2.29. The number of nitrogens with zero attached hydrogens (tertiary/aromatic N) is 1. The number of pyridine rings is 2. The first-order valence-electron chi connectivity index (χ1n) is 4.74. The lowest BCUT2D eigenvalue weighted by atomic mass is 10.00. The highest BCUT2D eigenvalue weighted by Gasteiger charge is 2.10. The maximum Gasteiger partial charge on any atom is 0.256 e. The first kappa shape index (κ1) is 10.3. The van der Waals surface area contributed by atoms with E-state index in [1.165, 1.54) is 6.20 Å². The van der Waals surface area contributed by atoms with Crippen molar-refractivity contribution in [3.05, 3.63) is 52.2 Å². The molecule has 0 spiro atoms. The molecule has 2 rings (SSSR count). The Bertz CT molecular complexity index is 588. The highest BCUT2D eigenvalue weighted by Crippen LogP contribution is 2.20. The molecular weight excluding hydrogens is 204 g/mol. The summed E-state index contributed by atoms with van der Waals surface area (Å²) in [6.45, 7) is 1.82. The Labute approximate surface area is 92.0 Å². The number of hydrogen-bond acceptors (Lipinski definition) is 3. The van der Waals surface area contributed by atoms with Crippen LogP contribution < -0.4 is 5.56 Å². The van der Waals surface area contributed by atoms with Crippen LogP contribution in [0.25, 0.3) is 11.1 Å². The van der Waals surface area contributed by atoms with Gasteiger partial charge in [0, 0.05) is 18.0 Å². The van der Waals surface area contributed by atoms with E-state index in [0.717, 1.165) is 5.56 Å². The van der Waals surface area contributed by atoms with Crippen molar-refractivity contribution < 1.29 is 4.79 Å². The maximum atomic E-state index is 11.7. The number of hydrogen-bond donors (Lipinski definition) is 1. The van der Waals surface area contributed by atoms with Crippen LogP contribution in [0.2, 0.25) is 0 Å². The molecule has 1 N–H and O–H groups in total. The molecule has 4 nitrogen and oxygen atoms in total. The summed E-state index contributed by atoms with van der Waals surface area (Å²) in [4.78, 5) is 28.9. The fourth-order valence-corrected chi connectivity index (χ4v) is 1.59. The van der Waals surface area contributed by atoms with Crippen LogP contribution in [0, 0.1) is 13.1 Å². The standard InChI is InChI=1S/C12H9N2O2/c1-8-2-5-14-12(16)11(8)10-3-4-13-6-9(10)7-15/h2-5,7H,1H3,(H,14,16). The predicted octanol–water partition coefficient (Wildman–Crippen LogP) is 1.36. The van der Waals surface area contributed by atoms with Crippen LogP contribution in [0.5, 0.6) is 0 Å². The fourth-order valence-electron chi connectivity index (χ4n) is 1.59. The number of aryl methyl sites for hydroxylation is 1. The third-order valence-corrected chi connectivity index (χ3v) is 2.35. The molecule has 2 heterocycles. The van der Waals surface area contributed by atoms with Gasteiger partial charge in [0.15, 0.2) is 6.29 Å². The Morgan fingerprint density at radius 2 is 2.25 bits per heavy atom. The molecule has 0 bridgehead atoms. The van der Waals surface area contributed by atoms with E-state index in [2.05, 4.69) is 16.2 Å². The number of aromatic nitrogens is 2.